The standard InChI is InChI=1S/C21H18ClN5OS/c1-12-16-9-15(7-8-18(16)25(4)24-12)27-20(29)26(19(28)21(27,2)3)14-6-5-13(11-23)17(22)10-14/h5-10H,1-4H3. The van der Waals surface area contributed by atoms with E-state index >= 15 is 0 Å². The van der Waals surface area contributed by atoms with E-state index in [2.05, 4.69) is 5.10 Å². The zero-order chi connectivity index (χ0) is 21.1. The number of hydrogen-bond donors (Lipinski definition) is 0. The maximum Gasteiger partial charge on any atom is 0.259 e. The van der Waals surface area contributed by atoms with Crippen molar-refractivity contribution in [1.82, 2.24) is 9.78 Å². The summed E-state index contributed by atoms with van der Waals surface area (Å²) in [6.45, 7) is 5.64. The zero-order valence-electron chi connectivity index (χ0n) is 16.4. The van der Waals surface area contributed by atoms with Crippen LogP contribution in [0.15, 0.2) is 36.4 Å². The summed E-state index contributed by atoms with van der Waals surface area (Å²) in [7, 11) is 1.90. The van der Waals surface area contributed by atoms with Crippen LogP contribution in [0.3, 0.4) is 0 Å². The van der Waals surface area contributed by atoms with Crippen molar-refractivity contribution in [3.8, 4) is 6.07 Å². The lowest BCUT2D eigenvalue weighted by Gasteiger charge is -2.29. The molecule has 1 aliphatic heterocycles. The van der Waals surface area contributed by atoms with Gasteiger partial charge in [-0.2, -0.15) is 10.4 Å². The van der Waals surface area contributed by atoms with Gasteiger partial charge in [-0.3, -0.25) is 14.4 Å². The molecule has 1 aromatic heterocycles. The van der Waals surface area contributed by atoms with Gasteiger partial charge in [0.2, 0.25) is 0 Å². The summed E-state index contributed by atoms with van der Waals surface area (Å²) in [6, 6.07) is 12.8. The van der Waals surface area contributed by atoms with Gasteiger partial charge in [0, 0.05) is 18.1 Å². The number of halogens is 1. The van der Waals surface area contributed by atoms with E-state index in [1.54, 1.807) is 18.2 Å². The normalized spacial score (nSPS) is 16.0. The lowest BCUT2D eigenvalue weighted by atomic mass is 10.0. The molecule has 2 heterocycles. The van der Waals surface area contributed by atoms with Gasteiger partial charge >= 0.3 is 0 Å². The van der Waals surface area contributed by atoms with E-state index in [9.17, 15) is 4.79 Å². The molecule has 0 bridgehead atoms. The van der Waals surface area contributed by atoms with E-state index in [-0.39, 0.29) is 10.9 Å². The molecule has 4 rings (SSSR count). The SMILES string of the molecule is Cc1nn(C)c2ccc(N3C(=S)N(c4ccc(C#N)c(Cl)c4)C(=O)C3(C)C)cc12. The van der Waals surface area contributed by atoms with Crippen LogP contribution in [-0.2, 0) is 11.8 Å². The minimum Gasteiger partial charge on any atom is -0.304 e. The smallest absolute Gasteiger partial charge is 0.259 e. The molecule has 1 fully saturated rings. The van der Waals surface area contributed by atoms with Crippen molar-refractivity contribution in [1.29, 1.82) is 5.26 Å². The first-order valence-corrected chi connectivity index (χ1v) is 9.77. The first-order chi connectivity index (χ1) is 13.7. The Morgan fingerprint density at radius 1 is 1.17 bits per heavy atom. The number of aromatic nitrogens is 2. The van der Waals surface area contributed by atoms with Crippen molar-refractivity contribution < 1.29 is 4.79 Å². The molecule has 3 aromatic rings. The van der Waals surface area contributed by atoms with Crippen LogP contribution in [0.5, 0.6) is 0 Å². The summed E-state index contributed by atoms with van der Waals surface area (Å²) in [4.78, 5) is 16.6. The molecule has 0 atom stereocenters. The average Bonchev–Trinajstić information content (AvgIpc) is 3.04. The molecule has 6 nitrogen and oxygen atoms in total. The van der Waals surface area contributed by atoms with Gasteiger partial charge in [-0.15, -0.1) is 0 Å². The minimum atomic E-state index is -0.888. The van der Waals surface area contributed by atoms with E-state index in [0.29, 0.717) is 16.4 Å². The van der Waals surface area contributed by atoms with E-state index in [1.807, 2.05) is 61.7 Å². The number of anilines is 2. The van der Waals surface area contributed by atoms with E-state index in [1.165, 1.54) is 4.90 Å². The van der Waals surface area contributed by atoms with Crippen LogP contribution in [0.4, 0.5) is 11.4 Å². The van der Waals surface area contributed by atoms with Crippen LogP contribution in [0.1, 0.15) is 25.1 Å². The van der Waals surface area contributed by atoms with E-state index < -0.39 is 5.54 Å². The van der Waals surface area contributed by atoms with Crippen molar-refractivity contribution in [2.45, 2.75) is 26.3 Å². The number of thiocarbonyl (C=S) groups is 1. The minimum absolute atomic E-state index is 0.161. The number of carbonyl (C=O) groups is 1. The number of hydrogen-bond acceptors (Lipinski definition) is 4. The Bertz CT molecular complexity index is 1240. The third-order valence-electron chi connectivity index (χ3n) is 5.28. The molecule has 2 aromatic carbocycles. The predicted molar refractivity (Wildman–Crippen MR) is 118 cm³/mol. The molecule has 8 heteroatoms. The lowest BCUT2D eigenvalue weighted by molar-refractivity contribution is -0.120. The third kappa shape index (κ3) is 2.79. The van der Waals surface area contributed by atoms with Crippen LogP contribution in [-0.4, -0.2) is 26.3 Å². The molecule has 29 heavy (non-hydrogen) atoms. The molecule has 1 amide bonds. The fourth-order valence-electron chi connectivity index (χ4n) is 3.76. The first-order valence-electron chi connectivity index (χ1n) is 8.98. The molecule has 0 radical (unpaired) electrons. The van der Waals surface area contributed by atoms with Gasteiger partial charge in [0.05, 0.1) is 27.5 Å². The van der Waals surface area contributed by atoms with Crippen molar-refractivity contribution >= 4 is 57.1 Å². The molecular formula is C21H18ClN5OS. The molecule has 1 aliphatic rings. The Hall–Kier alpha value is -2.95. The highest BCUT2D eigenvalue weighted by atomic mass is 35.5. The molecule has 1 saturated heterocycles. The Balaban J connectivity index is 1.82. The van der Waals surface area contributed by atoms with Gasteiger partial charge in [0.1, 0.15) is 11.6 Å². The van der Waals surface area contributed by atoms with Crippen molar-refractivity contribution in [2.75, 3.05) is 9.80 Å². The van der Waals surface area contributed by atoms with Crippen LogP contribution in [0.25, 0.3) is 10.9 Å². The van der Waals surface area contributed by atoms with Crippen molar-refractivity contribution in [2.24, 2.45) is 7.05 Å². The summed E-state index contributed by atoms with van der Waals surface area (Å²) >= 11 is 11.9. The highest BCUT2D eigenvalue weighted by molar-refractivity contribution is 7.81. The van der Waals surface area contributed by atoms with Crippen molar-refractivity contribution in [3.63, 3.8) is 0 Å². The maximum absolute atomic E-state index is 13.3. The second-order valence-corrected chi connectivity index (χ2v) is 8.28. The van der Waals surface area contributed by atoms with E-state index in [0.717, 1.165) is 22.3 Å². The molecule has 146 valence electrons. The quantitative estimate of drug-likeness (QED) is 0.574. The van der Waals surface area contributed by atoms with Crippen molar-refractivity contribution in [3.05, 3.63) is 52.7 Å². The number of carbonyl (C=O) groups excluding carboxylic acids is 1. The third-order valence-corrected chi connectivity index (χ3v) is 5.95. The largest absolute Gasteiger partial charge is 0.304 e. The molecular weight excluding hydrogens is 406 g/mol. The van der Waals surface area contributed by atoms with Crippen LogP contribution >= 0.6 is 23.8 Å². The number of nitrogens with zero attached hydrogens (tertiary/aromatic N) is 5. The molecule has 0 saturated carbocycles. The monoisotopic (exact) mass is 423 g/mol. The second kappa shape index (κ2) is 6.55. The van der Waals surface area contributed by atoms with Gasteiger partial charge in [-0.1, -0.05) is 11.6 Å². The molecule has 0 N–H and O–H groups in total. The number of nitriles is 1. The first kappa shape index (κ1) is 19.4. The zero-order valence-corrected chi connectivity index (χ0v) is 18.0. The van der Waals surface area contributed by atoms with Gasteiger partial charge in [0.25, 0.3) is 5.91 Å². The highest BCUT2D eigenvalue weighted by Crippen LogP contribution is 2.38. The Kier molecular flexibility index (Phi) is 4.37. The fourth-order valence-corrected chi connectivity index (χ4v) is 4.50. The Morgan fingerprint density at radius 3 is 2.52 bits per heavy atom. The topological polar surface area (TPSA) is 65.2 Å². The molecule has 0 unspecified atom stereocenters. The Morgan fingerprint density at radius 2 is 1.86 bits per heavy atom. The summed E-state index contributed by atoms with van der Waals surface area (Å²) in [5.41, 5.74) is 2.74. The molecule has 0 spiro atoms. The summed E-state index contributed by atoms with van der Waals surface area (Å²) < 4.78 is 1.83. The summed E-state index contributed by atoms with van der Waals surface area (Å²) in [6.07, 6.45) is 0. The number of fused-ring (bicyclic) bond motifs is 1. The number of benzene rings is 2. The predicted octanol–water partition coefficient (Wildman–Crippen LogP) is 4.32. The van der Waals surface area contributed by atoms with Crippen LogP contribution in [0, 0.1) is 18.3 Å². The summed E-state index contributed by atoms with van der Waals surface area (Å²) in [5.74, 6) is -0.161. The number of amides is 1. The average molecular weight is 424 g/mol. The second-order valence-electron chi connectivity index (χ2n) is 7.50. The maximum atomic E-state index is 13.3. The van der Waals surface area contributed by atoms with Gasteiger partial charge < -0.3 is 4.90 Å². The van der Waals surface area contributed by atoms with Crippen LogP contribution in [0.2, 0.25) is 5.02 Å². The highest BCUT2D eigenvalue weighted by Gasteiger charge is 2.50. The molecule has 0 aliphatic carbocycles. The van der Waals surface area contributed by atoms with Crippen LogP contribution < -0.4 is 9.80 Å². The fraction of sp³-hybridized carbons (Fsp3) is 0.238. The summed E-state index contributed by atoms with van der Waals surface area (Å²) in [5, 5.41) is 15.2. The lowest BCUT2D eigenvalue weighted by Crippen LogP contribution is -2.44. The number of rotatable bonds is 2. The Labute approximate surface area is 178 Å². The van der Waals surface area contributed by atoms with Gasteiger partial charge in [0.15, 0.2) is 5.11 Å². The van der Waals surface area contributed by atoms with E-state index in [4.69, 9.17) is 29.1 Å². The van der Waals surface area contributed by atoms with Gasteiger partial charge in [-0.05, 0) is 69.4 Å². The van der Waals surface area contributed by atoms with Gasteiger partial charge in [-0.25, -0.2) is 0 Å². The number of aryl methyl sites for hydroxylation is 2.